The molecule has 13 heavy (non-hydrogen) atoms. The Labute approximate surface area is 78.7 Å². The Hall–Kier alpha value is -1.56. The smallest absolute Gasteiger partial charge is 0.327 e. The summed E-state index contributed by atoms with van der Waals surface area (Å²) in [5.74, 6) is -1.03. The van der Waals surface area contributed by atoms with E-state index in [1.807, 2.05) is 0 Å². The van der Waals surface area contributed by atoms with Crippen molar-refractivity contribution in [3.05, 3.63) is 12.3 Å². The summed E-state index contributed by atoms with van der Waals surface area (Å²) < 4.78 is 5.71. The van der Waals surface area contributed by atoms with Crippen molar-refractivity contribution in [2.45, 2.75) is 0 Å². The number of nitrogens with one attached hydrogen (secondary N) is 1. The van der Waals surface area contributed by atoms with E-state index in [1.54, 1.807) is 0 Å². The van der Waals surface area contributed by atoms with Crippen LogP contribution in [0.3, 0.4) is 0 Å². The number of nitrogens with two attached hydrogens (primary N) is 1. The lowest BCUT2D eigenvalue weighted by atomic mass is 10.7. The van der Waals surface area contributed by atoms with Gasteiger partial charge in [-0.2, -0.15) is 0 Å². The van der Waals surface area contributed by atoms with E-state index in [1.165, 1.54) is 12.3 Å². The molecule has 0 saturated carbocycles. The maximum Gasteiger partial charge on any atom is 0.327 e. The van der Waals surface area contributed by atoms with Crippen LogP contribution in [0, 0.1) is 5.41 Å². The van der Waals surface area contributed by atoms with Gasteiger partial charge in [0.2, 0.25) is 11.8 Å². The van der Waals surface area contributed by atoms with Gasteiger partial charge in [0.05, 0.1) is 0 Å². The van der Waals surface area contributed by atoms with Crippen LogP contribution < -0.4 is 10.5 Å². The summed E-state index contributed by atoms with van der Waals surface area (Å²) in [4.78, 5) is 10.7. The number of alkyl halides is 1. The number of nitrogens with zero attached hydrogens (tertiary/aromatic N) is 2. The number of hydrogen-bond donors (Lipinski definition) is 2. The van der Waals surface area contributed by atoms with Crippen LogP contribution >= 0.6 is 11.6 Å². The number of halogens is 1. The Morgan fingerprint density at radius 3 is 3.00 bits per heavy atom. The zero-order valence-corrected chi connectivity index (χ0v) is 7.28. The number of rotatable bonds is 2. The largest absolute Gasteiger partial charge is 0.405 e. The number of aromatic nitrogens is 2. The lowest BCUT2D eigenvalue weighted by molar-refractivity contribution is -0.131. The average molecular weight is 203 g/mol. The van der Waals surface area contributed by atoms with Gasteiger partial charge >= 0.3 is 5.97 Å². The first-order valence-electron chi connectivity index (χ1n) is 3.30. The maximum atomic E-state index is 10.7. The summed E-state index contributed by atoms with van der Waals surface area (Å²) in [5, 5.41) is 10.7. The second-order valence-electron chi connectivity index (χ2n) is 2.09. The van der Waals surface area contributed by atoms with E-state index >= 15 is 0 Å². The summed E-state index contributed by atoms with van der Waals surface area (Å²) in [5.41, 5.74) is 5.11. The molecule has 7 heteroatoms. The van der Waals surface area contributed by atoms with Gasteiger partial charge in [-0.05, 0) is 0 Å². The number of carbonyl (C=O) groups is 1. The summed E-state index contributed by atoms with van der Waals surface area (Å²) in [6.45, 7) is 0. The molecule has 1 rings (SSSR count). The molecule has 0 aliphatic heterocycles. The Kier molecular flexibility index (Phi) is 2.86. The quantitative estimate of drug-likeness (QED) is 0.300. The summed E-state index contributed by atoms with van der Waals surface area (Å²) in [7, 11) is 0. The average Bonchev–Trinajstić information content (AvgIpc) is 2.52. The van der Waals surface area contributed by atoms with Crippen LogP contribution in [-0.4, -0.2) is 27.6 Å². The third-order valence-corrected chi connectivity index (χ3v) is 1.36. The fraction of sp³-hybridized carbons (Fsp3) is 0.167. The third kappa shape index (κ3) is 2.45. The van der Waals surface area contributed by atoms with Crippen LogP contribution in [-0.2, 0) is 4.79 Å². The van der Waals surface area contributed by atoms with E-state index in [0.717, 1.165) is 4.68 Å². The molecule has 0 fully saturated rings. The normalized spacial score (nSPS) is 9.62. The first kappa shape index (κ1) is 9.53. The molecule has 70 valence electrons. The second kappa shape index (κ2) is 3.90. The predicted molar refractivity (Wildman–Crippen MR) is 45.9 cm³/mol. The van der Waals surface area contributed by atoms with Gasteiger partial charge in [-0.1, -0.05) is 0 Å². The van der Waals surface area contributed by atoms with Crippen molar-refractivity contribution < 1.29 is 9.53 Å². The summed E-state index contributed by atoms with van der Waals surface area (Å²) >= 11 is 5.20. The van der Waals surface area contributed by atoms with Crippen LogP contribution in [0.15, 0.2) is 12.3 Å². The molecule has 1 heterocycles. The maximum absolute atomic E-state index is 10.7. The molecule has 3 N–H and O–H groups in total. The minimum atomic E-state index is -0.601. The van der Waals surface area contributed by atoms with E-state index in [4.69, 9.17) is 22.7 Å². The Morgan fingerprint density at radius 1 is 1.85 bits per heavy atom. The lowest BCUT2D eigenvalue weighted by Gasteiger charge is -1.96. The number of esters is 1. The van der Waals surface area contributed by atoms with Gasteiger partial charge in [-0.15, -0.1) is 16.7 Å². The summed E-state index contributed by atoms with van der Waals surface area (Å²) in [6.07, 6.45) is 1.40. The zero-order valence-electron chi connectivity index (χ0n) is 6.53. The lowest BCUT2D eigenvalue weighted by Crippen LogP contribution is -2.21. The number of nitrogen functional groups attached to an aromatic ring is 1. The van der Waals surface area contributed by atoms with Crippen LogP contribution in [0.2, 0.25) is 0 Å². The molecule has 0 spiro atoms. The van der Waals surface area contributed by atoms with E-state index in [0.29, 0.717) is 0 Å². The molecule has 0 unspecified atom stereocenters. The molecule has 0 aromatic carbocycles. The molecular weight excluding hydrogens is 196 g/mol. The Balaban J connectivity index is 2.69. The topological polar surface area (TPSA) is 94.0 Å². The fourth-order valence-electron chi connectivity index (χ4n) is 0.640. The minimum absolute atomic E-state index is 0.0702. The molecular formula is C6H7ClN4O2. The van der Waals surface area contributed by atoms with Crippen molar-refractivity contribution in [1.82, 2.24) is 9.78 Å². The highest BCUT2D eigenvalue weighted by Gasteiger charge is 2.06. The summed E-state index contributed by atoms with van der Waals surface area (Å²) in [6, 6.07) is 1.41. The van der Waals surface area contributed by atoms with Crippen molar-refractivity contribution >= 4 is 23.5 Å². The van der Waals surface area contributed by atoms with Crippen LogP contribution in [0.1, 0.15) is 0 Å². The van der Waals surface area contributed by atoms with Gasteiger partial charge in [0.1, 0.15) is 5.88 Å². The number of hydrogen-bond acceptors (Lipinski definition) is 4. The third-order valence-electron chi connectivity index (χ3n) is 1.14. The molecule has 6 nitrogen and oxygen atoms in total. The number of ether oxygens (including phenoxy) is 1. The van der Waals surface area contributed by atoms with E-state index in [-0.39, 0.29) is 17.7 Å². The molecule has 1 aromatic heterocycles. The standard InChI is InChI=1S/C6H7ClN4O2/c7-3-5(12)13-4-1-2-11(10-4)6(8)9/h1-2H,3H2,(H3,8,9). The molecule has 0 amide bonds. The molecule has 0 aliphatic carbocycles. The van der Waals surface area contributed by atoms with Crippen LogP contribution in [0.25, 0.3) is 0 Å². The molecule has 1 aromatic rings. The van der Waals surface area contributed by atoms with Crippen molar-refractivity contribution in [3.8, 4) is 5.88 Å². The van der Waals surface area contributed by atoms with Crippen molar-refractivity contribution in [2.75, 3.05) is 5.88 Å². The second-order valence-corrected chi connectivity index (χ2v) is 2.36. The van der Waals surface area contributed by atoms with E-state index in [2.05, 4.69) is 9.84 Å². The van der Waals surface area contributed by atoms with E-state index < -0.39 is 5.97 Å². The van der Waals surface area contributed by atoms with Gasteiger partial charge in [-0.3, -0.25) is 10.2 Å². The Morgan fingerprint density at radius 2 is 2.54 bits per heavy atom. The van der Waals surface area contributed by atoms with Gasteiger partial charge < -0.3 is 10.5 Å². The highest BCUT2D eigenvalue weighted by Crippen LogP contribution is 2.05. The highest BCUT2D eigenvalue weighted by molar-refractivity contribution is 6.26. The predicted octanol–water partition coefficient (Wildman–Crippen LogP) is -0.231. The van der Waals surface area contributed by atoms with E-state index in [9.17, 15) is 4.79 Å². The number of carbonyl (C=O) groups excluding carboxylic acids is 1. The first-order valence-corrected chi connectivity index (χ1v) is 3.83. The van der Waals surface area contributed by atoms with Crippen LogP contribution in [0.5, 0.6) is 5.88 Å². The molecule has 0 atom stereocenters. The molecule has 0 bridgehead atoms. The Bertz CT molecular complexity index is 335. The first-order chi connectivity index (χ1) is 6.13. The van der Waals surface area contributed by atoms with Crippen LogP contribution in [0.4, 0.5) is 0 Å². The van der Waals surface area contributed by atoms with Crippen molar-refractivity contribution in [1.29, 1.82) is 5.41 Å². The van der Waals surface area contributed by atoms with Gasteiger partial charge in [-0.25, -0.2) is 4.68 Å². The van der Waals surface area contributed by atoms with Crippen molar-refractivity contribution in [2.24, 2.45) is 5.73 Å². The van der Waals surface area contributed by atoms with Crippen molar-refractivity contribution in [3.63, 3.8) is 0 Å². The molecule has 0 radical (unpaired) electrons. The fourth-order valence-corrected chi connectivity index (χ4v) is 0.694. The van der Waals surface area contributed by atoms with Gasteiger partial charge in [0, 0.05) is 12.3 Å². The SMILES string of the molecule is N=C(N)n1ccc(OC(=O)CCl)n1. The minimum Gasteiger partial charge on any atom is -0.405 e. The highest BCUT2D eigenvalue weighted by atomic mass is 35.5. The molecule has 0 saturated heterocycles. The monoisotopic (exact) mass is 202 g/mol. The van der Waals surface area contributed by atoms with Gasteiger partial charge in [0.15, 0.2) is 0 Å². The zero-order chi connectivity index (χ0) is 9.84. The molecule has 0 aliphatic rings. The van der Waals surface area contributed by atoms with Gasteiger partial charge in [0.25, 0.3) is 0 Å².